The summed E-state index contributed by atoms with van der Waals surface area (Å²) in [6.07, 6.45) is 5.42. The maximum atomic E-state index is 13.4. The van der Waals surface area contributed by atoms with Crippen molar-refractivity contribution in [1.29, 1.82) is 5.26 Å². The van der Waals surface area contributed by atoms with Gasteiger partial charge in [-0.25, -0.2) is 9.97 Å². The lowest BCUT2D eigenvalue weighted by Crippen LogP contribution is -2.15. The molecular formula is C30H27N5O3S2. The van der Waals surface area contributed by atoms with Gasteiger partial charge in [-0.05, 0) is 37.3 Å². The molecule has 5 rings (SSSR count). The Labute approximate surface area is 240 Å². The molecule has 0 fully saturated rings. The summed E-state index contributed by atoms with van der Waals surface area (Å²) in [6.45, 7) is 9.59. The summed E-state index contributed by atoms with van der Waals surface area (Å²) in [6, 6.07) is 14.8. The highest BCUT2D eigenvalue weighted by molar-refractivity contribution is 7.15. The van der Waals surface area contributed by atoms with E-state index in [0.29, 0.717) is 50.0 Å². The van der Waals surface area contributed by atoms with Crippen molar-refractivity contribution in [3.8, 4) is 28.8 Å². The number of hydrogen-bond donors (Lipinski definition) is 1. The van der Waals surface area contributed by atoms with E-state index in [2.05, 4.69) is 27.9 Å². The normalized spacial score (nSPS) is 10.6. The second kappa shape index (κ2) is 12.9. The number of allylic oxidation sites excluding steroid dienone is 1. The van der Waals surface area contributed by atoms with Crippen molar-refractivity contribution in [2.45, 2.75) is 20.8 Å². The highest BCUT2D eigenvalue weighted by Gasteiger charge is 2.20. The molecule has 0 aliphatic heterocycles. The second-order valence-corrected chi connectivity index (χ2v) is 9.83. The first-order valence-corrected chi connectivity index (χ1v) is 14.1. The number of ether oxygens (including phenoxy) is 2. The van der Waals surface area contributed by atoms with Crippen LogP contribution in [0.25, 0.3) is 28.4 Å². The number of benzene rings is 2. The van der Waals surface area contributed by atoms with Crippen molar-refractivity contribution in [3.05, 3.63) is 94.3 Å². The molecule has 8 nitrogen and oxygen atoms in total. The Morgan fingerprint density at radius 3 is 2.60 bits per heavy atom. The van der Waals surface area contributed by atoms with E-state index < -0.39 is 0 Å². The molecule has 0 bridgehead atoms. The number of anilines is 1. The van der Waals surface area contributed by atoms with Crippen molar-refractivity contribution in [2.75, 3.05) is 12.4 Å². The third-order valence-electron chi connectivity index (χ3n) is 5.46. The van der Waals surface area contributed by atoms with Crippen LogP contribution in [0.1, 0.15) is 48.1 Å². The maximum absolute atomic E-state index is 13.4. The van der Waals surface area contributed by atoms with Crippen LogP contribution in [0.15, 0.2) is 71.8 Å². The first-order valence-electron chi connectivity index (χ1n) is 12.4. The molecule has 10 heteroatoms. The third-order valence-corrected chi connectivity index (χ3v) is 6.98. The van der Waals surface area contributed by atoms with Crippen LogP contribution in [0.2, 0.25) is 0 Å². The Hall–Kier alpha value is -4.72. The number of para-hydroxylation sites is 1. The van der Waals surface area contributed by atoms with E-state index in [1.165, 1.54) is 22.7 Å². The highest BCUT2D eigenvalue weighted by atomic mass is 32.1. The van der Waals surface area contributed by atoms with Crippen LogP contribution in [0.5, 0.6) is 11.5 Å². The van der Waals surface area contributed by atoms with Gasteiger partial charge in [-0.15, -0.1) is 22.7 Å². The summed E-state index contributed by atoms with van der Waals surface area (Å²) in [5, 5.41) is 16.1. The largest absolute Gasteiger partial charge is 0.493 e. The zero-order chi connectivity index (χ0) is 28.6. The van der Waals surface area contributed by atoms with Crippen LogP contribution in [-0.2, 0) is 0 Å². The van der Waals surface area contributed by atoms with Crippen LogP contribution in [0, 0.1) is 11.3 Å². The van der Waals surface area contributed by atoms with Gasteiger partial charge in [0.1, 0.15) is 5.69 Å². The Bertz CT molecular complexity index is 1720. The molecule has 40 heavy (non-hydrogen) atoms. The average Bonchev–Trinajstić information content (AvgIpc) is 3.70. The lowest BCUT2D eigenvalue weighted by atomic mass is 10.1. The lowest BCUT2D eigenvalue weighted by Gasteiger charge is -2.12. The first kappa shape index (κ1) is 28.3. The molecule has 202 valence electrons. The predicted octanol–water partition coefficient (Wildman–Crippen LogP) is 7.76. The second-order valence-electron chi connectivity index (χ2n) is 8.10. The van der Waals surface area contributed by atoms with E-state index in [0.717, 1.165) is 11.1 Å². The fourth-order valence-corrected chi connectivity index (χ4v) is 5.19. The minimum Gasteiger partial charge on any atom is -0.493 e. The van der Waals surface area contributed by atoms with Crippen molar-refractivity contribution >= 4 is 50.8 Å². The fraction of sp³-hybridized carbons (Fsp3) is 0.133. The summed E-state index contributed by atoms with van der Waals surface area (Å²) in [4.78, 5) is 23.3. The van der Waals surface area contributed by atoms with Gasteiger partial charge in [-0.2, -0.15) is 5.26 Å². The molecule has 0 spiro atoms. The molecule has 2 aromatic carbocycles. The van der Waals surface area contributed by atoms with E-state index in [-0.39, 0.29) is 5.91 Å². The Kier molecular flexibility index (Phi) is 9.11. The predicted molar refractivity (Wildman–Crippen MR) is 162 cm³/mol. The zero-order valence-electron chi connectivity index (χ0n) is 22.5. The van der Waals surface area contributed by atoms with Crippen LogP contribution < -0.4 is 14.8 Å². The Morgan fingerprint density at radius 1 is 1.12 bits per heavy atom. The van der Waals surface area contributed by atoms with Crippen molar-refractivity contribution < 1.29 is 14.3 Å². The number of aromatic nitrogens is 3. The Balaban J connectivity index is 0.00000181. The van der Waals surface area contributed by atoms with E-state index >= 15 is 0 Å². The number of hydrogen-bond acceptors (Lipinski definition) is 8. The summed E-state index contributed by atoms with van der Waals surface area (Å²) >= 11 is 2.76. The van der Waals surface area contributed by atoms with E-state index in [1.807, 2.05) is 61.1 Å². The maximum Gasteiger partial charge on any atom is 0.276 e. The van der Waals surface area contributed by atoms with Gasteiger partial charge in [-0.1, -0.05) is 44.7 Å². The molecule has 5 aromatic rings. The monoisotopic (exact) mass is 569 g/mol. The fourth-order valence-electron chi connectivity index (χ4n) is 3.76. The van der Waals surface area contributed by atoms with Crippen molar-refractivity contribution in [1.82, 2.24) is 14.4 Å². The number of imidazole rings is 1. The molecule has 3 heterocycles. The lowest BCUT2D eigenvalue weighted by molar-refractivity contribution is 0.102. The summed E-state index contributed by atoms with van der Waals surface area (Å²) in [7, 11) is 1.57. The standard InChI is InChI=1S/C28H21N5O3S2.C2H6/c1-17(2)36-25-20(5-4-6-23(25)35-3)11-12-21-24(33-13-14-37-28(33)31-21)26(34)32-27-30-22(16-38-27)19-9-7-18(15-29)8-10-19;1-2/h4-14,16H,1H2,2-3H3,(H,30,32,34);1-2H3/b12-11+;. The number of carbonyl (C=O) groups excluding carboxylic acids is 1. The number of rotatable bonds is 8. The van der Waals surface area contributed by atoms with Gasteiger partial charge in [0.15, 0.2) is 21.6 Å². The average molecular weight is 570 g/mol. The molecule has 0 unspecified atom stereocenters. The number of nitrogens with one attached hydrogen (secondary N) is 1. The van der Waals surface area contributed by atoms with Crippen LogP contribution >= 0.6 is 22.7 Å². The minimum absolute atomic E-state index is 0.333. The molecular weight excluding hydrogens is 542 g/mol. The molecule has 0 saturated carbocycles. The van der Waals surface area contributed by atoms with E-state index in [1.54, 1.807) is 42.7 Å². The van der Waals surface area contributed by atoms with Crippen molar-refractivity contribution in [3.63, 3.8) is 0 Å². The van der Waals surface area contributed by atoms with Gasteiger partial charge in [0.25, 0.3) is 5.91 Å². The smallest absolute Gasteiger partial charge is 0.276 e. The molecule has 0 aliphatic rings. The molecule has 0 atom stereocenters. The van der Waals surface area contributed by atoms with Crippen molar-refractivity contribution in [2.24, 2.45) is 0 Å². The number of nitriles is 1. The number of fused-ring (bicyclic) bond motifs is 1. The third kappa shape index (κ3) is 6.12. The van der Waals surface area contributed by atoms with E-state index in [9.17, 15) is 4.79 Å². The molecule has 1 amide bonds. The van der Waals surface area contributed by atoms with Crippen LogP contribution in [-0.4, -0.2) is 27.4 Å². The number of thiazole rings is 2. The summed E-state index contributed by atoms with van der Waals surface area (Å²) in [5.41, 5.74) is 3.79. The molecule has 0 radical (unpaired) electrons. The molecule has 0 aliphatic carbocycles. The number of methoxy groups -OCH3 is 1. The van der Waals surface area contributed by atoms with E-state index in [4.69, 9.17) is 14.7 Å². The van der Waals surface area contributed by atoms with Gasteiger partial charge in [0.2, 0.25) is 0 Å². The topological polar surface area (TPSA) is 102 Å². The number of nitrogens with zero attached hydrogens (tertiary/aromatic N) is 4. The number of amides is 1. The van der Waals surface area contributed by atoms with Gasteiger partial charge in [0, 0.05) is 28.1 Å². The van der Waals surface area contributed by atoms with Gasteiger partial charge in [0.05, 0.1) is 35.9 Å². The minimum atomic E-state index is -0.333. The SMILES string of the molecule is C=C(C)Oc1c(/C=C/c2nc3sccn3c2C(=O)Nc2nc(-c3ccc(C#N)cc3)cs2)cccc1OC.CC. The van der Waals surface area contributed by atoms with Crippen LogP contribution in [0.3, 0.4) is 0 Å². The van der Waals surface area contributed by atoms with Crippen LogP contribution in [0.4, 0.5) is 5.13 Å². The molecule has 1 N–H and O–H groups in total. The number of carbonyl (C=O) groups is 1. The quantitative estimate of drug-likeness (QED) is 0.192. The summed E-state index contributed by atoms with van der Waals surface area (Å²) in [5.74, 6) is 1.29. The van der Waals surface area contributed by atoms with Gasteiger partial charge in [-0.3, -0.25) is 14.5 Å². The Morgan fingerprint density at radius 2 is 1.90 bits per heavy atom. The first-order chi connectivity index (χ1) is 19.5. The molecule has 0 saturated heterocycles. The summed E-state index contributed by atoms with van der Waals surface area (Å²) < 4.78 is 13.0. The van der Waals surface area contributed by atoms with Gasteiger partial charge >= 0.3 is 0 Å². The zero-order valence-corrected chi connectivity index (χ0v) is 24.1. The van der Waals surface area contributed by atoms with Gasteiger partial charge < -0.3 is 9.47 Å². The molecule has 3 aromatic heterocycles. The highest BCUT2D eigenvalue weighted by Crippen LogP contribution is 2.34.